The molecule has 0 bridgehead atoms. The van der Waals surface area contributed by atoms with Crippen molar-refractivity contribution in [3.63, 3.8) is 0 Å². The molecule has 1 fully saturated rings. The molecule has 1 N–H and O–H groups in total. The first-order valence-corrected chi connectivity index (χ1v) is 10.1. The maximum Gasteiger partial charge on any atom is 0.289 e. The van der Waals surface area contributed by atoms with E-state index in [9.17, 15) is 9.90 Å². The average Bonchev–Trinajstić information content (AvgIpc) is 3.51. The Hall–Kier alpha value is -3.11. The number of carbonyl (C=O) groups is 1. The molecule has 5 heterocycles. The number of aromatic nitrogens is 3. The third kappa shape index (κ3) is 3.10. The Morgan fingerprint density at radius 2 is 1.93 bits per heavy atom. The van der Waals surface area contributed by atoms with E-state index in [1.807, 2.05) is 12.1 Å². The van der Waals surface area contributed by atoms with E-state index in [0.29, 0.717) is 42.7 Å². The van der Waals surface area contributed by atoms with E-state index in [0.717, 1.165) is 10.6 Å². The molecule has 1 saturated heterocycles. The van der Waals surface area contributed by atoms with E-state index >= 15 is 0 Å². The molecule has 29 heavy (non-hydrogen) atoms. The topological polar surface area (TPSA) is 100 Å². The van der Waals surface area contributed by atoms with Crippen LogP contribution in [0.5, 0.6) is 5.88 Å². The number of aromatic hydroxyl groups is 1. The lowest BCUT2D eigenvalue weighted by Gasteiger charge is -2.37. The zero-order valence-corrected chi connectivity index (χ0v) is 16.5. The lowest BCUT2D eigenvalue weighted by Crippen LogP contribution is -2.49. The number of hydrogen-bond acceptors (Lipinski definition) is 8. The summed E-state index contributed by atoms with van der Waals surface area (Å²) in [5.74, 6) is 1.65. The highest BCUT2D eigenvalue weighted by molar-refractivity contribution is 7.17. The maximum absolute atomic E-state index is 12.5. The highest BCUT2D eigenvalue weighted by Crippen LogP contribution is 2.40. The molecule has 1 atom stereocenters. The van der Waals surface area contributed by atoms with Crippen molar-refractivity contribution in [3.8, 4) is 5.88 Å². The second-order valence-electron chi connectivity index (χ2n) is 6.87. The first-order valence-electron chi connectivity index (χ1n) is 9.27. The van der Waals surface area contributed by atoms with Gasteiger partial charge >= 0.3 is 0 Å². The van der Waals surface area contributed by atoms with Crippen molar-refractivity contribution < 1.29 is 18.7 Å². The highest BCUT2D eigenvalue weighted by atomic mass is 32.1. The predicted molar refractivity (Wildman–Crippen MR) is 104 cm³/mol. The minimum atomic E-state index is -0.278. The minimum Gasteiger partial charge on any atom is -0.492 e. The summed E-state index contributed by atoms with van der Waals surface area (Å²) in [6.45, 7) is 4.15. The van der Waals surface area contributed by atoms with Crippen molar-refractivity contribution in [2.24, 2.45) is 0 Å². The molecule has 150 valence electrons. The molecule has 9 nitrogen and oxygen atoms in total. The number of piperazine rings is 1. The molecule has 0 aromatic carbocycles. The number of carbonyl (C=O) groups excluding carboxylic acids is 1. The van der Waals surface area contributed by atoms with Crippen molar-refractivity contribution in [2.45, 2.75) is 13.0 Å². The van der Waals surface area contributed by atoms with Crippen LogP contribution in [0.3, 0.4) is 0 Å². The molecule has 1 aliphatic rings. The fourth-order valence-electron chi connectivity index (χ4n) is 3.69. The fraction of sp³-hybridized carbons (Fsp3) is 0.316. The predicted octanol–water partition coefficient (Wildman–Crippen LogP) is 2.54. The second-order valence-corrected chi connectivity index (χ2v) is 7.88. The molecule has 0 spiro atoms. The molecule has 10 heteroatoms. The van der Waals surface area contributed by atoms with Gasteiger partial charge in [0.2, 0.25) is 10.8 Å². The van der Waals surface area contributed by atoms with Crippen LogP contribution in [0.1, 0.15) is 33.1 Å². The van der Waals surface area contributed by atoms with Gasteiger partial charge in [0.15, 0.2) is 5.76 Å². The number of amides is 1. The third-order valence-corrected chi connectivity index (χ3v) is 6.14. The molecule has 4 aromatic rings. The number of thiazole rings is 1. The van der Waals surface area contributed by atoms with E-state index in [4.69, 9.17) is 8.83 Å². The van der Waals surface area contributed by atoms with Crippen molar-refractivity contribution >= 4 is 22.2 Å². The smallest absolute Gasteiger partial charge is 0.289 e. The summed E-state index contributed by atoms with van der Waals surface area (Å²) in [7, 11) is 0. The average molecular weight is 413 g/mol. The van der Waals surface area contributed by atoms with Crippen LogP contribution in [-0.4, -0.2) is 61.6 Å². The molecule has 4 aromatic heterocycles. The van der Waals surface area contributed by atoms with Crippen LogP contribution in [0.15, 0.2) is 45.6 Å². The van der Waals surface area contributed by atoms with Gasteiger partial charge in [-0.2, -0.15) is 4.52 Å². The lowest BCUT2D eigenvalue weighted by atomic mass is 10.1. The first kappa shape index (κ1) is 18.0. The van der Waals surface area contributed by atoms with Crippen molar-refractivity contribution in [1.29, 1.82) is 0 Å². The van der Waals surface area contributed by atoms with E-state index < -0.39 is 0 Å². The SMILES string of the molecule is Cc1nc2sc([C@H](c3ccco3)N3CCN(C(=O)c4ccco4)CC3)c(O)n2n1. The van der Waals surface area contributed by atoms with Gasteiger partial charge in [-0.3, -0.25) is 9.69 Å². The van der Waals surface area contributed by atoms with Crippen LogP contribution >= 0.6 is 11.3 Å². The number of furan rings is 2. The molecule has 1 amide bonds. The van der Waals surface area contributed by atoms with Crippen LogP contribution < -0.4 is 0 Å². The Morgan fingerprint density at radius 3 is 2.59 bits per heavy atom. The van der Waals surface area contributed by atoms with Crippen LogP contribution in [0, 0.1) is 6.92 Å². The van der Waals surface area contributed by atoms with Crippen LogP contribution in [0.2, 0.25) is 0 Å². The summed E-state index contributed by atoms with van der Waals surface area (Å²) in [6, 6.07) is 6.83. The van der Waals surface area contributed by atoms with Crippen molar-refractivity contribution in [1.82, 2.24) is 24.4 Å². The van der Waals surface area contributed by atoms with E-state index in [2.05, 4.69) is 15.0 Å². The highest BCUT2D eigenvalue weighted by Gasteiger charge is 2.34. The normalized spacial score (nSPS) is 16.5. The molecule has 0 radical (unpaired) electrons. The van der Waals surface area contributed by atoms with Gasteiger partial charge in [0, 0.05) is 26.2 Å². The maximum atomic E-state index is 12.5. The quantitative estimate of drug-likeness (QED) is 0.549. The summed E-state index contributed by atoms with van der Waals surface area (Å²) in [5.41, 5.74) is 0. The van der Waals surface area contributed by atoms with Gasteiger partial charge in [-0.15, -0.1) is 5.10 Å². The summed E-state index contributed by atoms with van der Waals surface area (Å²) in [4.78, 5) is 22.2. The molecular weight excluding hydrogens is 394 g/mol. The van der Waals surface area contributed by atoms with Crippen LogP contribution in [0.4, 0.5) is 0 Å². The summed E-state index contributed by atoms with van der Waals surface area (Å²) in [5, 5.41) is 15.1. The number of rotatable bonds is 4. The number of hydrogen-bond donors (Lipinski definition) is 1. The summed E-state index contributed by atoms with van der Waals surface area (Å²) < 4.78 is 12.4. The molecule has 0 unspecified atom stereocenters. The zero-order chi connectivity index (χ0) is 20.0. The van der Waals surface area contributed by atoms with E-state index in [1.165, 1.54) is 22.1 Å². The van der Waals surface area contributed by atoms with Gasteiger partial charge in [-0.25, -0.2) is 4.98 Å². The fourth-order valence-corrected chi connectivity index (χ4v) is 4.83. The van der Waals surface area contributed by atoms with Gasteiger partial charge < -0.3 is 18.8 Å². The lowest BCUT2D eigenvalue weighted by molar-refractivity contribution is 0.0554. The van der Waals surface area contributed by atoms with Crippen LogP contribution in [-0.2, 0) is 0 Å². The van der Waals surface area contributed by atoms with Gasteiger partial charge in [-0.05, 0) is 31.2 Å². The molecule has 1 aliphatic heterocycles. The van der Waals surface area contributed by atoms with E-state index in [1.54, 1.807) is 30.2 Å². The van der Waals surface area contributed by atoms with Gasteiger partial charge in [0.1, 0.15) is 17.6 Å². The van der Waals surface area contributed by atoms with Gasteiger partial charge in [0.05, 0.1) is 17.4 Å². The van der Waals surface area contributed by atoms with Gasteiger partial charge in [-0.1, -0.05) is 11.3 Å². The standard InChI is InChI=1S/C19H19N5O4S/c1-12-20-19-24(21-12)18(26)16(29-19)15(13-4-2-10-27-13)22-6-8-23(9-7-22)17(25)14-5-3-11-28-14/h2-5,10-11,15,26H,6-9H2,1H3/t15-/m0/s1. The Bertz CT molecular complexity index is 1120. The molecule has 0 aliphatic carbocycles. The Labute approximate surface area is 169 Å². The van der Waals surface area contributed by atoms with Gasteiger partial charge in [0.25, 0.3) is 5.91 Å². The van der Waals surface area contributed by atoms with Crippen molar-refractivity contribution in [3.05, 3.63) is 59.0 Å². The van der Waals surface area contributed by atoms with E-state index in [-0.39, 0.29) is 17.8 Å². The number of aryl methyl sites for hydroxylation is 1. The monoisotopic (exact) mass is 413 g/mol. The zero-order valence-electron chi connectivity index (χ0n) is 15.7. The number of nitrogens with zero attached hydrogens (tertiary/aromatic N) is 5. The number of fused-ring (bicyclic) bond motifs is 1. The Balaban J connectivity index is 1.42. The third-order valence-electron chi connectivity index (χ3n) is 5.07. The molecule has 5 rings (SSSR count). The Morgan fingerprint density at radius 1 is 1.17 bits per heavy atom. The van der Waals surface area contributed by atoms with Crippen LogP contribution in [0.25, 0.3) is 4.96 Å². The largest absolute Gasteiger partial charge is 0.492 e. The second kappa shape index (κ2) is 7.05. The summed E-state index contributed by atoms with van der Waals surface area (Å²) >= 11 is 1.39. The molecular formula is C19H19N5O4S. The summed E-state index contributed by atoms with van der Waals surface area (Å²) in [6.07, 6.45) is 3.12. The first-order chi connectivity index (χ1) is 14.1. The molecule has 0 saturated carbocycles. The minimum absolute atomic E-state index is 0.0705. The van der Waals surface area contributed by atoms with Crippen molar-refractivity contribution in [2.75, 3.05) is 26.2 Å². The Kier molecular flexibility index (Phi) is 4.36.